The second kappa shape index (κ2) is 4.23. The summed E-state index contributed by atoms with van der Waals surface area (Å²) >= 11 is 0. The molecule has 0 atom stereocenters. The standard InChI is InChI=1S/C14H17NO/c1-3-12-9-13(6-5-11(12)2)14(15-10-16)7-4-8-14/h5-6,9H,3-4,7-8H2,1-2H3. The van der Waals surface area contributed by atoms with E-state index < -0.39 is 0 Å². The molecule has 0 spiro atoms. The predicted molar refractivity (Wildman–Crippen MR) is 64.2 cm³/mol. The van der Waals surface area contributed by atoms with Crippen molar-refractivity contribution in [1.82, 2.24) is 0 Å². The van der Waals surface area contributed by atoms with Crippen LogP contribution in [-0.2, 0) is 16.8 Å². The molecule has 84 valence electrons. The van der Waals surface area contributed by atoms with Gasteiger partial charge in [-0.15, -0.1) is 0 Å². The van der Waals surface area contributed by atoms with Crippen LogP contribution in [0.15, 0.2) is 23.2 Å². The maximum absolute atomic E-state index is 10.5. The average Bonchev–Trinajstić information content (AvgIpc) is 2.24. The van der Waals surface area contributed by atoms with E-state index in [0.717, 1.165) is 25.7 Å². The van der Waals surface area contributed by atoms with E-state index in [2.05, 4.69) is 37.0 Å². The Kier molecular flexibility index (Phi) is 2.93. The summed E-state index contributed by atoms with van der Waals surface area (Å²) < 4.78 is 0. The van der Waals surface area contributed by atoms with E-state index in [1.54, 1.807) is 6.08 Å². The second-order valence-electron chi connectivity index (χ2n) is 4.58. The molecule has 0 amide bonds. The van der Waals surface area contributed by atoms with Crippen molar-refractivity contribution in [2.75, 3.05) is 0 Å². The lowest BCUT2D eigenvalue weighted by Gasteiger charge is -2.37. The lowest BCUT2D eigenvalue weighted by atomic mass is 9.72. The number of carbonyl (C=O) groups excluding carboxylic acids is 1. The summed E-state index contributed by atoms with van der Waals surface area (Å²) in [5.41, 5.74) is 3.60. The normalized spacial score (nSPS) is 17.4. The fraction of sp³-hybridized carbons (Fsp3) is 0.500. The molecule has 0 radical (unpaired) electrons. The van der Waals surface area contributed by atoms with Crippen molar-refractivity contribution in [3.8, 4) is 0 Å². The molecule has 0 aromatic heterocycles. The molecule has 0 aliphatic heterocycles. The summed E-state index contributed by atoms with van der Waals surface area (Å²) in [4.78, 5) is 14.5. The van der Waals surface area contributed by atoms with E-state index >= 15 is 0 Å². The minimum atomic E-state index is -0.251. The Morgan fingerprint density at radius 3 is 2.69 bits per heavy atom. The largest absolute Gasteiger partial charge is 0.235 e. The van der Waals surface area contributed by atoms with Crippen molar-refractivity contribution < 1.29 is 4.79 Å². The highest BCUT2D eigenvalue weighted by atomic mass is 16.1. The lowest BCUT2D eigenvalue weighted by Crippen LogP contribution is -2.32. The van der Waals surface area contributed by atoms with Gasteiger partial charge in [-0.3, -0.25) is 0 Å². The van der Waals surface area contributed by atoms with Gasteiger partial charge >= 0.3 is 0 Å². The summed E-state index contributed by atoms with van der Waals surface area (Å²) in [6.07, 6.45) is 5.88. The fourth-order valence-corrected chi connectivity index (χ4v) is 2.41. The number of rotatable bonds is 3. The van der Waals surface area contributed by atoms with Gasteiger partial charge in [0.1, 0.15) is 0 Å². The molecular weight excluding hydrogens is 198 g/mol. The fourth-order valence-electron chi connectivity index (χ4n) is 2.41. The van der Waals surface area contributed by atoms with E-state index in [1.165, 1.54) is 16.7 Å². The van der Waals surface area contributed by atoms with Crippen LogP contribution >= 0.6 is 0 Å². The predicted octanol–water partition coefficient (Wildman–Crippen LogP) is 3.27. The zero-order valence-corrected chi connectivity index (χ0v) is 9.92. The molecular formula is C14H17NO. The van der Waals surface area contributed by atoms with E-state index in [9.17, 15) is 4.79 Å². The van der Waals surface area contributed by atoms with E-state index in [4.69, 9.17) is 0 Å². The molecule has 2 heteroatoms. The molecule has 0 unspecified atom stereocenters. The summed E-state index contributed by atoms with van der Waals surface area (Å²) in [7, 11) is 0. The first-order valence-corrected chi connectivity index (χ1v) is 5.91. The van der Waals surface area contributed by atoms with Gasteiger partial charge in [-0.1, -0.05) is 25.1 Å². The molecule has 1 aromatic rings. The molecule has 0 N–H and O–H groups in total. The van der Waals surface area contributed by atoms with Crippen molar-refractivity contribution in [3.63, 3.8) is 0 Å². The first kappa shape index (κ1) is 11.1. The van der Waals surface area contributed by atoms with Crippen LogP contribution < -0.4 is 0 Å². The van der Waals surface area contributed by atoms with E-state index in [1.807, 2.05) is 0 Å². The van der Waals surface area contributed by atoms with Gasteiger partial charge < -0.3 is 0 Å². The minimum Gasteiger partial charge on any atom is -0.211 e. The molecule has 0 heterocycles. The van der Waals surface area contributed by atoms with Gasteiger partial charge in [-0.2, -0.15) is 4.99 Å². The Labute approximate surface area is 96.4 Å². The molecule has 1 fully saturated rings. The maximum Gasteiger partial charge on any atom is 0.235 e. The zero-order valence-electron chi connectivity index (χ0n) is 9.92. The molecule has 2 rings (SSSR count). The summed E-state index contributed by atoms with van der Waals surface area (Å²) in [5, 5.41) is 0. The van der Waals surface area contributed by atoms with Crippen LogP contribution in [0.2, 0.25) is 0 Å². The highest BCUT2D eigenvalue weighted by Gasteiger charge is 2.38. The molecule has 1 aliphatic carbocycles. The van der Waals surface area contributed by atoms with Crippen LogP contribution in [0, 0.1) is 6.92 Å². The number of nitrogens with zero attached hydrogens (tertiary/aromatic N) is 1. The van der Waals surface area contributed by atoms with Gasteiger partial charge in [0.15, 0.2) is 0 Å². The number of hydrogen-bond donors (Lipinski definition) is 0. The number of hydrogen-bond acceptors (Lipinski definition) is 2. The van der Waals surface area contributed by atoms with Crippen LogP contribution in [0.1, 0.15) is 42.9 Å². The lowest BCUT2D eigenvalue weighted by molar-refractivity contribution is 0.256. The van der Waals surface area contributed by atoms with Gasteiger partial charge in [0, 0.05) is 0 Å². The zero-order chi connectivity index (χ0) is 11.6. The summed E-state index contributed by atoms with van der Waals surface area (Å²) in [6, 6.07) is 6.44. The van der Waals surface area contributed by atoms with E-state index in [-0.39, 0.29) is 5.54 Å². The third kappa shape index (κ3) is 1.70. The first-order valence-electron chi connectivity index (χ1n) is 5.91. The molecule has 1 aliphatic rings. The highest BCUT2D eigenvalue weighted by molar-refractivity contribution is 5.42. The molecule has 1 saturated carbocycles. The van der Waals surface area contributed by atoms with Gasteiger partial charge in [-0.25, -0.2) is 4.79 Å². The first-order chi connectivity index (χ1) is 7.72. The Bertz CT molecular complexity index is 440. The summed E-state index contributed by atoms with van der Waals surface area (Å²) in [6.45, 7) is 4.28. The van der Waals surface area contributed by atoms with Crippen molar-refractivity contribution in [2.24, 2.45) is 4.99 Å². The molecule has 2 nitrogen and oxygen atoms in total. The number of isocyanates is 1. The van der Waals surface area contributed by atoms with E-state index in [0.29, 0.717) is 0 Å². The molecule has 0 saturated heterocycles. The quantitative estimate of drug-likeness (QED) is 0.562. The van der Waals surface area contributed by atoms with Crippen LogP contribution in [0.25, 0.3) is 0 Å². The smallest absolute Gasteiger partial charge is 0.211 e. The third-order valence-electron chi connectivity index (χ3n) is 3.71. The van der Waals surface area contributed by atoms with Gasteiger partial charge in [0.05, 0.1) is 5.54 Å². The van der Waals surface area contributed by atoms with Crippen LogP contribution in [0.4, 0.5) is 0 Å². The van der Waals surface area contributed by atoms with Crippen molar-refractivity contribution >= 4 is 6.08 Å². The Morgan fingerprint density at radius 1 is 1.44 bits per heavy atom. The van der Waals surface area contributed by atoms with Crippen molar-refractivity contribution in [1.29, 1.82) is 0 Å². The topological polar surface area (TPSA) is 29.4 Å². The third-order valence-corrected chi connectivity index (χ3v) is 3.71. The average molecular weight is 215 g/mol. The monoisotopic (exact) mass is 215 g/mol. The summed E-state index contributed by atoms with van der Waals surface area (Å²) in [5.74, 6) is 0. The second-order valence-corrected chi connectivity index (χ2v) is 4.58. The number of aryl methyl sites for hydroxylation is 2. The SMILES string of the molecule is CCc1cc(C2(N=C=O)CCC2)ccc1C. The molecule has 0 bridgehead atoms. The van der Waals surface area contributed by atoms with Crippen LogP contribution in [0.3, 0.4) is 0 Å². The van der Waals surface area contributed by atoms with Gasteiger partial charge in [-0.05, 0) is 49.3 Å². The van der Waals surface area contributed by atoms with Crippen molar-refractivity contribution in [3.05, 3.63) is 34.9 Å². The minimum absolute atomic E-state index is 0.251. The Hall–Kier alpha value is -1.40. The maximum atomic E-state index is 10.5. The van der Waals surface area contributed by atoms with Gasteiger partial charge in [0.2, 0.25) is 6.08 Å². The Balaban J connectivity index is 2.43. The highest BCUT2D eigenvalue weighted by Crippen LogP contribution is 2.45. The van der Waals surface area contributed by atoms with Crippen LogP contribution in [-0.4, -0.2) is 6.08 Å². The van der Waals surface area contributed by atoms with Crippen LogP contribution in [0.5, 0.6) is 0 Å². The van der Waals surface area contributed by atoms with Crippen molar-refractivity contribution in [2.45, 2.75) is 45.1 Å². The van der Waals surface area contributed by atoms with Gasteiger partial charge in [0.25, 0.3) is 0 Å². The number of aliphatic imine (C=N–C) groups is 1. The molecule has 1 aromatic carbocycles. The molecule has 16 heavy (non-hydrogen) atoms. The number of benzene rings is 1. The Morgan fingerprint density at radius 2 is 2.19 bits per heavy atom.